The molecule has 0 unspecified atom stereocenters. The summed E-state index contributed by atoms with van der Waals surface area (Å²) in [6, 6.07) is 11.3. The second-order valence-electron chi connectivity index (χ2n) is 6.94. The van der Waals surface area contributed by atoms with E-state index in [9.17, 15) is 19.2 Å². The summed E-state index contributed by atoms with van der Waals surface area (Å²) in [6.45, 7) is 0. The first kappa shape index (κ1) is 20.0. The molecule has 0 fully saturated rings. The van der Waals surface area contributed by atoms with Crippen molar-refractivity contribution in [1.82, 2.24) is 5.32 Å². The minimum Gasteiger partial charge on any atom is -0.468 e. The number of hydrogen-bond acceptors (Lipinski definition) is 6. The van der Waals surface area contributed by atoms with Gasteiger partial charge in [-0.3, -0.25) is 9.59 Å². The lowest BCUT2D eigenvalue weighted by Crippen LogP contribution is -2.31. The molecule has 2 heterocycles. The van der Waals surface area contributed by atoms with Gasteiger partial charge in [0.2, 0.25) is 5.91 Å². The molecule has 30 heavy (non-hydrogen) atoms. The summed E-state index contributed by atoms with van der Waals surface area (Å²) in [5, 5.41) is 16.2. The van der Waals surface area contributed by atoms with Crippen molar-refractivity contribution in [3.63, 3.8) is 0 Å². The number of rotatable bonds is 5. The van der Waals surface area contributed by atoms with Crippen molar-refractivity contribution in [2.75, 3.05) is 11.1 Å². The summed E-state index contributed by atoms with van der Waals surface area (Å²) < 4.78 is 18.8. The topological polar surface area (TPSA) is 95.1 Å². The number of ketones is 1. The van der Waals surface area contributed by atoms with Crippen LogP contribution in [0, 0.1) is 17.1 Å². The summed E-state index contributed by atoms with van der Waals surface area (Å²) in [4.78, 5) is 25.0. The smallest absolute Gasteiger partial charge is 0.234 e. The number of furan rings is 1. The SMILES string of the molecule is N#CC1=C(SCC(=O)Nc2cccc(F)c2)NC2=C(C(=O)CCC2)[C@@H]1c1ccco1. The Bertz CT molecular complexity index is 1100. The summed E-state index contributed by atoms with van der Waals surface area (Å²) in [7, 11) is 0. The third-order valence-corrected chi connectivity index (χ3v) is 5.96. The van der Waals surface area contributed by atoms with E-state index in [0.29, 0.717) is 40.5 Å². The molecular weight excluding hydrogens is 405 g/mol. The molecule has 1 atom stereocenters. The maximum Gasteiger partial charge on any atom is 0.234 e. The zero-order valence-corrected chi connectivity index (χ0v) is 16.7. The van der Waals surface area contributed by atoms with Gasteiger partial charge in [-0.05, 0) is 43.2 Å². The van der Waals surface area contributed by atoms with Crippen LogP contribution in [0.4, 0.5) is 10.1 Å². The molecule has 0 radical (unpaired) electrons. The number of nitrogens with zero attached hydrogens (tertiary/aromatic N) is 1. The molecule has 1 aliphatic heterocycles. The molecule has 1 aromatic heterocycles. The molecule has 152 valence electrons. The van der Waals surface area contributed by atoms with Crippen molar-refractivity contribution in [2.45, 2.75) is 25.2 Å². The van der Waals surface area contributed by atoms with Crippen molar-refractivity contribution < 1.29 is 18.4 Å². The minimum absolute atomic E-state index is 0.00537. The zero-order chi connectivity index (χ0) is 21.1. The lowest BCUT2D eigenvalue weighted by atomic mass is 9.79. The molecule has 0 saturated carbocycles. The highest BCUT2D eigenvalue weighted by atomic mass is 32.2. The number of halogens is 1. The van der Waals surface area contributed by atoms with Crippen molar-refractivity contribution in [2.24, 2.45) is 0 Å². The quantitative estimate of drug-likeness (QED) is 0.748. The van der Waals surface area contributed by atoms with Crippen LogP contribution >= 0.6 is 11.8 Å². The number of thioether (sulfide) groups is 1. The lowest BCUT2D eigenvalue weighted by Gasteiger charge is -2.32. The maximum atomic E-state index is 13.3. The van der Waals surface area contributed by atoms with Crippen LogP contribution in [-0.2, 0) is 9.59 Å². The fourth-order valence-corrected chi connectivity index (χ4v) is 4.54. The molecule has 2 N–H and O–H groups in total. The monoisotopic (exact) mass is 423 g/mol. The number of nitrogens with one attached hydrogen (secondary N) is 2. The highest BCUT2D eigenvalue weighted by Crippen LogP contribution is 2.44. The van der Waals surface area contributed by atoms with Crippen LogP contribution in [0.2, 0.25) is 0 Å². The van der Waals surface area contributed by atoms with Crippen molar-refractivity contribution in [3.8, 4) is 6.07 Å². The fourth-order valence-electron chi connectivity index (χ4n) is 3.68. The number of hydrogen-bond donors (Lipinski definition) is 2. The predicted octanol–water partition coefficient (Wildman–Crippen LogP) is 4.22. The van der Waals surface area contributed by atoms with E-state index in [1.54, 1.807) is 18.2 Å². The van der Waals surface area contributed by atoms with Crippen LogP contribution < -0.4 is 10.6 Å². The molecule has 8 heteroatoms. The number of anilines is 1. The van der Waals surface area contributed by atoms with Crippen molar-refractivity contribution in [1.29, 1.82) is 5.26 Å². The van der Waals surface area contributed by atoms with Gasteiger partial charge in [0.25, 0.3) is 0 Å². The van der Waals surface area contributed by atoms with Crippen LogP contribution in [0.1, 0.15) is 30.9 Å². The first-order chi connectivity index (χ1) is 14.6. The third kappa shape index (κ3) is 4.02. The van der Waals surface area contributed by atoms with E-state index < -0.39 is 11.7 Å². The Morgan fingerprint density at radius 1 is 1.33 bits per heavy atom. The molecule has 2 aromatic rings. The van der Waals surface area contributed by atoms with Crippen LogP contribution in [0.5, 0.6) is 0 Å². The molecular formula is C22H18FN3O3S. The number of nitriles is 1. The first-order valence-electron chi connectivity index (χ1n) is 9.46. The number of amides is 1. The highest BCUT2D eigenvalue weighted by molar-refractivity contribution is 8.03. The summed E-state index contributed by atoms with van der Waals surface area (Å²) in [5.74, 6) is -0.796. The van der Waals surface area contributed by atoms with Gasteiger partial charge in [0.15, 0.2) is 5.78 Å². The second-order valence-corrected chi connectivity index (χ2v) is 7.93. The molecule has 1 aromatic carbocycles. The predicted molar refractivity (Wildman–Crippen MR) is 111 cm³/mol. The van der Waals surface area contributed by atoms with Crippen LogP contribution in [-0.4, -0.2) is 17.4 Å². The Labute approximate surface area is 176 Å². The van der Waals surface area contributed by atoms with Gasteiger partial charge in [0, 0.05) is 23.4 Å². The van der Waals surface area contributed by atoms with Gasteiger partial charge in [-0.1, -0.05) is 17.8 Å². The van der Waals surface area contributed by atoms with E-state index in [0.717, 1.165) is 12.1 Å². The second kappa shape index (κ2) is 8.59. The van der Waals surface area contributed by atoms with Gasteiger partial charge >= 0.3 is 0 Å². The molecule has 0 bridgehead atoms. The van der Waals surface area contributed by atoms with Crippen LogP contribution in [0.3, 0.4) is 0 Å². The van der Waals surface area contributed by atoms with E-state index in [1.165, 1.54) is 36.2 Å². The van der Waals surface area contributed by atoms with E-state index in [-0.39, 0.29) is 17.4 Å². The Hall–Kier alpha value is -3.31. The molecule has 0 spiro atoms. The largest absolute Gasteiger partial charge is 0.468 e. The molecule has 0 saturated heterocycles. The van der Waals surface area contributed by atoms with E-state index in [1.807, 2.05) is 0 Å². The number of Topliss-reactive ketones (excluding diaryl/α,β-unsaturated/α-hetero) is 1. The first-order valence-corrected chi connectivity index (χ1v) is 10.4. The normalized spacial score (nSPS) is 18.5. The number of allylic oxidation sites excluding steroid dienone is 3. The Morgan fingerprint density at radius 2 is 2.20 bits per heavy atom. The Kier molecular flexibility index (Phi) is 5.72. The maximum absolute atomic E-state index is 13.3. The highest BCUT2D eigenvalue weighted by Gasteiger charge is 2.38. The van der Waals surface area contributed by atoms with E-state index >= 15 is 0 Å². The average molecular weight is 423 g/mol. The molecule has 1 aliphatic carbocycles. The fraction of sp³-hybridized carbons (Fsp3) is 0.227. The Morgan fingerprint density at radius 3 is 2.93 bits per heavy atom. The molecule has 2 aliphatic rings. The Balaban J connectivity index is 1.57. The number of dihydropyridines is 1. The molecule has 4 rings (SSSR count). The van der Waals surface area contributed by atoms with Crippen LogP contribution in [0.25, 0.3) is 0 Å². The van der Waals surface area contributed by atoms with E-state index in [2.05, 4.69) is 16.7 Å². The van der Waals surface area contributed by atoms with Gasteiger partial charge in [-0.2, -0.15) is 5.26 Å². The minimum atomic E-state index is -0.581. The summed E-state index contributed by atoms with van der Waals surface area (Å²) in [6.07, 6.45) is 3.38. The van der Waals surface area contributed by atoms with E-state index in [4.69, 9.17) is 4.42 Å². The van der Waals surface area contributed by atoms with Crippen molar-refractivity contribution in [3.05, 3.63) is 76.1 Å². The van der Waals surface area contributed by atoms with Gasteiger partial charge in [0.1, 0.15) is 11.6 Å². The number of carbonyl (C=O) groups excluding carboxylic acids is 2. The van der Waals surface area contributed by atoms with Gasteiger partial charge in [-0.15, -0.1) is 0 Å². The van der Waals surface area contributed by atoms with Gasteiger partial charge in [-0.25, -0.2) is 4.39 Å². The summed E-state index contributed by atoms with van der Waals surface area (Å²) >= 11 is 1.17. The standard InChI is InChI=1S/C22H18FN3O3S/c23-13-4-1-5-14(10-13)25-19(28)12-30-22-15(11-24)20(18-8-3-9-29-18)21-16(26-22)6-2-7-17(21)27/h1,3-5,8-10,20,26H,2,6-7,12H2,(H,25,28)/t20-/m0/s1. The zero-order valence-electron chi connectivity index (χ0n) is 15.9. The molecule has 6 nitrogen and oxygen atoms in total. The van der Waals surface area contributed by atoms with Gasteiger partial charge < -0.3 is 15.1 Å². The van der Waals surface area contributed by atoms with Crippen molar-refractivity contribution >= 4 is 29.1 Å². The number of carbonyl (C=O) groups is 2. The average Bonchev–Trinajstić information content (AvgIpc) is 3.26. The van der Waals surface area contributed by atoms with Crippen LogP contribution in [0.15, 0.2) is 69.0 Å². The van der Waals surface area contributed by atoms with Gasteiger partial charge in [0.05, 0.1) is 34.6 Å². The third-order valence-electron chi connectivity index (χ3n) is 4.95. The lowest BCUT2D eigenvalue weighted by molar-refractivity contribution is -0.116. The number of benzene rings is 1. The molecule has 1 amide bonds. The summed E-state index contributed by atoms with van der Waals surface area (Å²) in [5.41, 5.74) is 2.06.